The fourth-order valence-electron chi connectivity index (χ4n) is 2.90. The highest BCUT2D eigenvalue weighted by molar-refractivity contribution is 7.89. The molecule has 1 aliphatic rings. The lowest BCUT2D eigenvalue weighted by atomic mass is 10.2. The van der Waals surface area contributed by atoms with Crippen LogP contribution in [-0.2, 0) is 10.0 Å². The van der Waals surface area contributed by atoms with E-state index in [1.807, 2.05) is 37.3 Å². The zero-order valence-electron chi connectivity index (χ0n) is 13.2. The first-order valence-electron chi connectivity index (χ1n) is 7.95. The van der Waals surface area contributed by atoms with Gasteiger partial charge < -0.3 is 5.32 Å². The molecule has 0 saturated carbocycles. The van der Waals surface area contributed by atoms with Crippen LogP contribution in [0.15, 0.2) is 47.6 Å². The molecule has 2 heterocycles. The molecule has 0 bridgehead atoms. The second-order valence-corrected chi connectivity index (χ2v) is 7.61. The maximum Gasteiger partial charge on any atom is 0.246 e. The van der Waals surface area contributed by atoms with Crippen LogP contribution >= 0.6 is 0 Å². The van der Waals surface area contributed by atoms with Crippen molar-refractivity contribution in [2.75, 3.05) is 19.6 Å². The lowest BCUT2D eigenvalue weighted by Gasteiger charge is -2.26. The fourth-order valence-corrected chi connectivity index (χ4v) is 4.58. The molecule has 0 spiro atoms. The topological polar surface area (TPSA) is 67.2 Å². The number of rotatable bonds is 6. The van der Waals surface area contributed by atoms with Gasteiger partial charge >= 0.3 is 0 Å². The van der Waals surface area contributed by atoms with E-state index in [1.165, 1.54) is 6.20 Å². The largest absolute Gasteiger partial charge is 0.315 e. The molecule has 23 heavy (non-hydrogen) atoms. The van der Waals surface area contributed by atoms with Crippen molar-refractivity contribution < 1.29 is 8.42 Å². The van der Waals surface area contributed by atoms with Crippen molar-refractivity contribution in [2.45, 2.75) is 30.7 Å². The molecule has 1 fully saturated rings. The minimum atomic E-state index is -3.52. The van der Waals surface area contributed by atoms with Gasteiger partial charge in [0.1, 0.15) is 4.90 Å². The monoisotopic (exact) mass is 334 g/mol. The summed E-state index contributed by atoms with van der Waals surface area (Å²) in [5.41, 5.74) is 0.846. The molecule has 124 valence electrons. The van der Waals surface area contributed by atoms with Crippen LogP contribution in [-0.4, -0.2) is 48.2 Å². The summed E-state index contributed by atoms with van der Waals surface area (Å²) < 4.78 is 29.2. The lowest BCUT2D eigenvalue weighted by Crippen LogP contribution is -2.41. The van der Waals surface area contributed by atoms with Crippen LogP contribution in [0.2, 0.25) is 0 Å². The van der Waals surface area contributed by atoms with Crippen LogP contribution in [0.25, 0.3) is 5.69 Å². The first-order chi connectivity index (χ1) is 11.1. The number of nitrogens with one attached hydrogen (secondary N) is 1. The quantitative estimate of drug-likeness (QED) is 0.872. The number of hydrogen-bond donors (Lipinski definition) is 1. The molecule has 1 aromatic carbocycles. The highest BCUT2D eigenvalue weighted by atomic mass is 32.2. The van der Waals surface area contributed by atoms with E-state index in [-0.39, 0.29) is 10.9 Å². The van der Waals surface area contributed by atoms with Crippen molar-refractivity contribution in [3.63, 3.8) is 0 Å². The Morgan fingerprint density at radius 1 is 1.35 bits per heavy atom. The van der Waals surface area contributed by atoms with Crippen LogP contribution in [0.1, 0.15) is 19.8 Å². The summed E-state index contributed by atoms with van der Waals surface area (Å²) in [7, 11) is -3.52. The fraction of sp³-hybridized carbons (Fsp3) is 0.438. The average molecular weight is 334 g/mol. The summed E-state index contributed by atoms with van der Waals surface area (Å²) in [5, 5.41) is 7.46. The highest BCUT2D eigenvalue weighted by Crippen LogP contribution is 2.22. The van der Waals surface area contributed by atoms with Gasteiger partial charge in [-0.2, -0.15) is 9.40 Å². The van der Waals surface area contributed by atoms with E-state index in [0.29, 0.717) is 13.1 Å². The number of sulfonamides is 1. The number of hydrogen-bond acceptors (Lipinski definition) is 4. The maximum atomic E-state index is 13.0. The van der Waals surface area contributed by atoms with Gasteiger partial charge in [-0.15, -0.1) is 0 Å². The summed E-state index contributed by atoms with van der Waals surface area (Å²) in [5.74, 6) is 0. The molecule has 6 nitrogen and oxygen atoms in total. The van der Waals surface area contributed by atoms with E-state index in [1.54, 1.807) is 15.2 Å². The standard InChI is InChI=1S/C16H22N4O2S/c1-2-10-20(15-8-9-17-11-15)23(21,22)16-12-18-19(13-16)14-6-4-3-5-7-14/h3-7,12-13,15,17H,2,8-11H2,1H3. The molecule has 1 N–H and O–H groups in total. The molecule has 1 unspecified atom stereocenters. The van der Waals surface area contributed by atoms with E-state index < -0.39 is 10.0 Å². The second kappa shape index (κ2) is 6.82. The normalized spacial score (nSPS) is 18.6. The van der Waals surface area contributed by atoms with Gasteiger partial charge in [0.25, 0.3) is 0 Å². The van der Waals surface area contributed by atoms with E-state index >= 15 is 0 Å². The number of aromatic nitrogens is 2. The van der Waals surface area contributed by atoms with Crippen molar-refractivity contribution >= 4 is 10.0 Å². The van der Waals surface area contributed by atoms with Gasteiger partial charge in [0.2, 0.25) is 10.0 Å². The molecular weight excluding hydrogens is 312 g/mol. The van der Waals surface area contributed by atoms with Crippen LogP contribution < -0.4 is 5.32 Å². The molecule has 1 aliphatic heterocycles. The van der Waals surface area contributed by atoms with Gasteiger partial charge in [-0.05, 0) is 31.5 Å². The molecule has 2 aromatic rings. The summed E-state index contributed by atoms with van der Waals surface area (Å²) in [4.78, 5) is 0.252. The summed E-state index contributed by atoms with van der Waals surface area (Å²) in [6.45, 7) is 4.11. The van der Waals surface area contributed by atoms with Gasteiger partial charge in [0, 0.05) is 19.1 Å². The van der Waals surface area contributed by atoms with Crippen molar-refractivity contribution in [3.05, 3.63) is 42.7 Å². The Hall–Kier alpha value is -1.70. The molecule has 0 radical (unpaired) electrons. The van der Waals surface area contributed by atoms with E-state index in [2.05, 4.69) is 10.4 Å². The molecule has 7 heteroatoms. The van der Waals surface area contributed by atoms with Crippen LogP contribution in [0.4, 0.5) is 0 Å². The van der Waals surface area contributed by atoms with E-state index in [9.17, 15) is 8.42 Å². The Labute approximate surface area is 137 Å². The highest BCUT2D eigenvalue weighted by Gasteiger charge is 2.33. The molecule has 1 aromatic heterocycles. The van der Waals surface area contributed by atoms with Gasteiger partial charge in [0.05, 0.1) is 18.1 Å². The van der Waals surface area contributed by atoms with Crippen LogP contribution in [0.3, 0.4) is 0 Å². The number of benzene rings is 1. The second-order valence-electron chi connectivity index (χ2n) is 5.72. The zero-order chi connectivity index (χ0) is 16.3. The zero-order valence-corrected chi connectivity index (χ0v) is 14.0. The van der Waals surface area contributed by atoms with E-state index in [4.69, 9.17) is 0 Å². The van der Waals surface area contributed by atoms with Crippen molar-refractivity contribution in [2.24, 2.45) is 0 Å². The Morgan fingerprint density at radius 3 is 2.78 bits per heavy atom. The summed E-state index contributed by atoms with van der Waals surface area (Å²) in [6.07, 6.45) is 4.68. The van der Waals surface area contributed by atoms with E-state index in [0.717, 1.165) is 25.1 Å². The van der Waals surface area contributed by atoms with Gasteiger partial charge in [-0.3, -0.25) is 0 Å². The minimum Gasteiger partial charge on any atom is -0.315 e. The molecule has 0 aliphatic carbocycles. The Balaban J connectivity index is 1.90. The Bertz CT molecular complexity index is 736. The van der Waals surface area contributed by atoms with Crippen LogP contribution in [0, 0.1) is 0 Å². The predicted molar refractivity (Wildman–Crippen MR) is 89.0 cm³/mol. The third kappa shape index (κ3) is 3.31. The number of para-hydroxylation sites is 1. The SMILES string of the molecule is CCCN(C1CCNC1)S(=O)(=O)c1cnn(-c2ccccc2)c1. The van der Waals surface area contributed by atoms with Crippen molar-refractivity contribution in [1.82, 2.24) is 19.4 Å². The first kappa shape index (κ1) is 16.2. The summed E-state index contributed by atoms with van der Waals surface area (Å²) >= 11 is 0. The maximum absolute atomic E-state index is 13.0. The Kier molecular flexibility index (Phi) is 4.79. The number of nitrogens with zero attached hydrogens (tertiary/aromatic N) is 3. The van der Waals surface area contributed by atoms with Crippen LogP contribution in [0.5, 0.6) is 0 Å². The summed E-state index contributed by atoms with van der Waals surface area (Å²) in [6, 6.07) is 9.54. The van der Waals surface area contributed by atoms with Crippen molar-refractivity contribution in [3.8, 4) is 5.69 Å². The van der Waals surface area contributed by atoms with Gasteiger partial charge in [-0.1, -0.05) is 25.1 Å². The molecule has 1 saturated heterocycles. The molecular formula is C16H22N4O2S. The predicted octanol–water partition coefficient (Wildman–Crippen LogP) is 1.63. The third-order valence-electron chi connectivity index (χ3n) is 4.07. The molecule has 3 rings (SSSR count). The van der Waals surface area contributed by atoms with Crippen molar-refractivity contribution in [1.29, 1.82) is 0 Å². The molecule has 0 amide bonds. The Morgan fingerprint density at radius 2 is 2.13 bits per heavy atom. The lowest BCUT2D eigenvalue weighted by molar-refractivity contribution is 0.335. The first-order valence-corrected chi connectivity index (χ1v) is 9.39. The van der Waals surface area contributed by atoms with Gasteiger partial charge in [0.15, 0.2) is 0 Å². The molecule has 1 atom stereocenters. The third-order valence-corrected chi connectivity index (χ3v) is 5.98. The minimum absolute atomic E-state index is 0.0278. The smallest absolute Gasteiger partial charge is 0.246 e. The van der Waals surface area contributed by atoms with Gasteiger partial charge in [-0.25, -0.2) is 13.1 Å². The average Bonchev–Trinajstić information content (AvgIpc) is 3.25.